The Kier molecular flexibility index (Phi) is 2.91. The molecule has 4 aliphatic rings. The number of aromatic nitrogens is 7. The molecule has 3 heterocycles. The Hall–Kier alpha value is -2.51. The Bertz CT molecular complexity index is 1010. The molecule has 3 aromatic rings. The van der Waals surface area contributed by atoms with Gasteiger partial charge in [-0.2, -0.15) is 14.7 Å². The van der Waals surface area contributed by atoms with E-state index in [1.54, 1.807) is 17.2 Å². The standard InChI is InChI=1S/C19H24N8/c1-12-13(2)25-26-11-21-24-17(26)16(12)23-18-4-14-3-15(5-18)7-19(6-14,8-18)27-10-20-9-22-27/h9-11,14-15,23H,3-8H2,1-2H3. The van der Waals surface area contributed by atoms with Crippen molar-refractivity contribution in [3.05, 3.63) is 30.2 Å². The highest BCUT2D eigenvalue weighted by atomic mass is 15.4. The molecule has 7 rings (SSSR count). The van der Waals surface area contributed by atoms with Gasteiger partial charge in [0.05, 0.1) is 16.9 Å². The van der Waals surface area contributed by atoms with Crippen molar-refractivity contribution in [2.75, 3.05) is 5.32 Å². The van der Waals surface area contributed by atoms with Crippen LogP contribution in [0.4, 0.5) is 5.69 Å². The van der Waals surface area contributed by atoms with Crippen LogP contribution in [0.15, 0.2) is 19.0 Å². The normalized spacial score (nSPS) is 34.4. The predicted molar refractivity (Wildman–Crippen MR) is 99.3 cm³/mol. The highest BCUT2D eigenvalue weighted by Crippen LogP contribution is 2.61. The van der Waals surface area contributed by atoms with Crippen molar-refractivity contribution in [3.8, 4) is 0 Å². The van der Waals surface area contributed by atoms with Crippen molar-refractivity contribution >= 4 is 11.3 Å². The van der Waals surface area contributed by atoms with Crippen molar-refractivity contribution in [2.24, 2.45) is 11.8 Å². The van der Waals surface area contributed by atoms with Gasteiger partial charge in [-0.1, -0.05) is 0 Å². The van der Waals surface area contributed by atoms with E-state index >= 15 is 0 Å². The van der Waals surface area contributed by atoms with Crippen LogP contribution in [0.1, 0.15) is 49.8 Å². The van der Waals surface area contributed by atoms with E-state index in [1.807, 2.05) is 6.33 Å². The third-order valence-electron chi connectivity index (χ3n) is 7.25. The smallest absolute Gasteiger partial charge is 0.200 e. The Morgan fingerprint density at radius 2 is 1.93 bits per heavy atom. The maximum Gasteiger partial charge on any atom is 0.200 e. The third-order valence-corrected chi connectivity index (χ3v) is 7.25. The summed E-state index contributed by atoms with van der Waals surface area (Å²) < 4.78 is 3.94. The number of fused-ring (bicyclic) bond motifs is 1. The Morgan fingerprint density at radius 1 is 1.11 bits per heavy atom. The third kappa shape index (κ3) is 2.12. The molecule has 4 saturated carbocycles. The minimum Gasteiger partial charge on any atom is -0.376 e. The molecule has 27 heavy (non-hydrogen) atoms. The van der Waals surface area contributed by atoms with E-state index in [4.69, 9.17) is 0 Å². The predicted octanol–water partition coefficient (Wildman–Crippen LogP) is 2.49. The quantitative estimate of drug-likeness (QED) is 0.768. The molecule has 2 unspecified atom stereocenters. The summed E-state index contributed by atoms with van der Waals surface area (Å²) in [6.07, 6.45) is 12.6. The number of hydrogen-bond acceptors (Lipinski definition) is 6. The van der Waals surface area contributed by atoms with Gasteiger partial charge in [-0.3, -0.25) is 0 Å². The summed E-state index contributed by atoms with van der Waals surface area (Å²) in [5.74, 6) is 1.50. The fourth-order valence-electron chi connectivity index (χ4n) is 6.55. The van der Waals surface area contributed by atoms with Crippen LogP contribution in [-0.4, -0.2) is 40.1 Å². The maximum atomic E-state index is 4.57. The zero-order valence-electron chi connectivity index (χ0n) is 15.8. The van der Waals surface area contributed by atoms with Crippen LogP contribution in [0.5, 0.6) is 0 Å². The molecule has 1 N–H and O–H groups in total. The molecular formula is C19H24N8. The summed E-state index contributed by atoms with van der Waals surface area (Å²) in [4.78, 5) is 4.25. The fourth-order valence-corrected chi connectivity index (χ4v) is 6.55. The van der Waals surface area contributed by atoms with Crippen molar-refractivity contribution in [1.29, 1.82) is 0 Å². The molecule has 0 spiro atoms. The maximum absolute atomic E-state index is 4.57. The first-order valence-corrected chi connectivity index (χ1v) is 9.86. The van der Waals surface area contributed by atoms with Crippen LogP contribution < -0.4 is 5.32 Å². The van der Waals surface area contributed by atoms with E-state index in [2.05, 4.69) is 49.2 Å². The van der Waals surface area contributed by atoms with Crippen LogP contribution in [0.2, 0.25) is 0 Å². The van der Waals surface area contributed by atoms with Gasteiger partial charge < -0.3 is 5.32 Å². The van der Waals surface area contributed by atoms with Gasteiger partial charge in [0.25, 0.3) is 0 Å². The molecule has 8 nitrogen and oxygen atoms in total. The molecule has 0 aromatic carbocycles. The lowest BCUT2D eigenvalue weighted by molar-refractivity contribution is -0.0557. The van der Waals surface area contributed by atoms with Gasteiger partial charge in [-0.25, -0.2) is 9.67 Å². The van der Waals surface area contributed by atoms with E-state index in [0.29, 0.717) is 0 Å². The first-order chi connectivity index (χ1) is 13.1. The molecule has 0 saturated heterocycles. The Balaban J connectivity index is 1.45. The van der Waals surface area contributed by atoms with Gasteiger partial charge in [0, 0.05) is 5.54 Å². The second-order valence-electron chi connectivity index (χ2n) is 9.12. The highest BCUT2D eigenvalue weighted by molar-refractivity contribution is 5.72. The first-order valence-electron chi connectivity index (χ1n) is 9.86. The second-order valence-corrected chi connectivity index (χ2v) is 9.12. The lowest BCUT2D eigenvalue weighted by atomic mass is 9.50. The molecule has 0 radical (unpaired) electrons. The molecule has 4 fully saturated rings. The number of anilines is 1. The second kappa shape index (κ2) is 5.05. The van der Waals surface area contributed by atoms with Crippen LogP contribution in [0, 0.1) is 25.7 Å². The number of nitrogens with one attached hydrogen (secondary N) is 1. The lowest BCUT2D eigenvalue weighted by Gasteiger charge is -2.62. The molecule has 0 aliphatic heterocycles. The summed E-state index contributed by atoms with van der Waals surface area (Å²) in [6.45, 7) is 4.18. The van der Waals surface area contributed by atoms with E-state index in [9.17, 15) is 0 Å². The van der Waals surface area contributed by atoms with Crippen molar-refractivity contribution < 1.29 is 0 Å². The summed E-state index contributed by atoms with van der Waals surface area (Å²) in [6, 6.07) is 0. The first kappa shape index (κ1) is 15.5. The van der Waals surface area contributed by atoms with E-state index in [0.717, 1.165) is 35.3 Å². The van der Waals surface area contributed by atoms with Gasteiger partial charge >= 0.3 is 0 Å². The largest absolute Gasteiger partial charge is 0.376 e. The molecule has 140 valence electrons. The molecular weight excluding hydrogens is 340 g/mol. The lowest BCUT2D eigenvalue weighted by Crippen LogP contribution is -2.62. The molecule has 3 aromatic heterocycles. The Labute approximate surface area is 157 Å². The number of aryl methyl sites for hydroxylation is 1. The topological polar surface area (TPSA) is 85.8 Å². The van der Waals surface area contributed by atoms with Crippen molar-refractivity contribution in [1.82, 2.24) is 34.6 Å². The molecule has 2 atom stereocenters. The number of nitrogens with zero attached hydrogens (tertiary/aromatic N) is 7. The molecule has 0 amide bonds. The average molecular weight is 364 g/mol. The van der Waals surface area contributed by atoms with Gasteiger partial charge in [-0.15, -0.1) is 10.2 Å². The highest BCUT2D eigenvalue weighted by Gasteiger charge is 2.59. The molecule has 4 bridgehead atoms. The van der Waals surface area contributed by atoms with Gasteiger partial charge in [0.1, 0.15) is 19.0 Å². The van der Waals surface area contributed by atoms with Crippen molar-refractivity contribution in [3.63, 3.8) is 0 Å². The average Bonchev–Trinajstić information content (AvgIpc) is 3.29. The Morgan fingerprint density at radius 3 is 2.67 bits per heavy atom. The van der Waals surface area contributed by atoms with Crippen molar-refractivity contribution in [2.45, 2.75) is 63.5 Å². The summed E-state index contributed by atoms with van der Waals surface area (Å²) in [5.41, 5.74) is 4.29. The molecule has 4 aliphatic carbocycles. The minimum absolute atomic E-state index is 0.0844. The minimum atomic E-state index is 0.0844. The van der Waals surface area contributed by atoms with Crippen LogP contribution >= 0.6 is 0 Å². The van der Waals surface area contributed by atoms with Gasteiger partial charge in [-0.05, 0) is 69.8 Å². The fraction of sp³-hybridized carbons (Fsp3) is 0.632. The summed E-state index contributed by atoms with van der Waals surface area (Å²) in [5, 5.41) is 21.5. The SMILES string of the molecule is Cc1nn2cnnc2c(NC23CC4CC(C2)CC(n2cncn2)(C4)C3)c1C. The summed E-state index contributed by atoms with van der Waals surface area (Å²) >= 11 is 0. The van der Waals surface area contributed by atoms with E-state index in [-0.39, 0.29) is 11.1 Å². The zero-order valence-corrected chi connectivity index (χ0v) is 15.8. The number of rotatable bonds is 3. The van der Waals surface area contributed by atoms with Crippen LogP contribution in [0.25, 0.3) is 5.65 Å². The van der Waals surface area contributed by atoms with Gasteiger partial charge in [0.15, 0.2) is 0 Å². The van der Waals surface area contributed by atoms with Crippen LogP contribution in [0.3, 0.4) is 0 Å². The van der Waals surface area contributed by atoms with Gasteiger partial charge in [0.2, 0.25) is 5.65 Å². The summed E-state index contributed by atoms with van der Waals surface area (Å²) in [7, 11) is 0. The molecule has 8 heteroatoms. The van der Waals surface area contributed by atoms with E-state index < -0.39 is 0 Å². The monoisotopic (exact) mass is 364 g/mol. The van der Waals surface area contributed by atoms with E-state index in [1.165, 1.54) is 37.7 Å². The number of hydrogen-bond donors (Lipinski definition) is 1. The van der Waals surface area contributed by atoms with Crippen LogP contribution in [-0.2, 0) is 5.54 Å². The zero-order chi connectivity index (χ0) is 18.2.